The van der Waals surface area contributed by atoms with Gasteiger partial charge in [0.05, 0.1) is 0 Å². The average molecular weight is 262 g/mol. The Hall–Kier alpha value is -1.82. The number of allylic oxidation sites excluding steroid dienone is 1. The van der Waals surface area contributed by atoms with Gasteiger partial charge in [-0.25, -0.2) is 0 Å². The summed E-state index contributed by atoms with van der Waals surface area (Å²) in [6.07, 6.45) is 7.19. The van der Waals surface area contributed by atoms with E-state index in [0.29, 0.717) is 5.92 Å². The van der Waals surface area contributed by atoms with Crippen LogP contribution in [0.1, 0.15) is 47.9 Å². The molecule has 1 aliphatic carbocycles. The molecule has 0 radical (unpaired) electrons. The number of hydrogen-bond donors (Lipinski definition) is 0. The minimum absolute atomic E-state index is 0.612. The van der Waals surface area contributed by atoms with Gasteiger partial charge in [-0.1, -0.05) is 73.0 Å². The van der Waals surface area contributed by atoms with Crippen LogP contribution in [0.25, 0.3) is 17.2 Å². The second kappa shape index (κ2) is 5.28. The number of aryl methyl sites for hydroxylation is 2. The van der Waals surface area contributed by atoms with E-state index in [9.17, 15) is 0 Å². The molecule has 20 heavy (non-hydrogen) atoms. The van der Waals surface area contributed by atoms with Crippen LogP contribution in [-0.2, 0) is 0 Å². The minimum Gasteiger partial charge on any atom is -0.0764 e. The summed E-state index contributed by atoms with van der Waals surface area (Å²) in [4.78, 5) is 0. The Bertz CT molecular complexity index is 641. The van der Waals surface area contributed by atoms with Gasteiger partial charge in [0.1, 0.15) is 0 Å². The Morgan fingerprint density at radius 3 is 2.45 bits per heavy atom. The second-order valence-electron chi connectivity index (χ2n) is 5.94. The van der Waals surface area contributed by atoms with Crippen LogP contribution in [0.15, 0.2) is 42.5 Å². The van der Waals surface area contributed by atoms with Crippen molar-refractivity contribution in [1.29, 1.82) is 0 Å². The second-order valence-corrected chi connectivity index (χ2v) is 5.94. The number of rotatable bonds is 3. The standard InChI is InChI=1S/C20H22/c1-4-6-16-9-10-20-18(16)7-5-8-19(20)17-12-14(2)11-15(3)13-17/h5,7-13,16H,4,6H2,1-3H3. The van der Waals surface area contributed by atoms with E-state index < -0.39 is 0 Å². The third-order valence-electron chi connectivity index (χ3n) is 4.17. The lowest BCUT2D eigenvalue weighted by Crippen LogP contribution is -1.94. The minimum atomic E-state index is 0.612. The molecular formula is C20H22. The number of hydrogen-bond acceptors (Lipinski definition) is 0. The van der Waals surface area contributed by atoms with E-state index in [1.54, 1.807) is 0 Å². The molecule has 0 nitrogen and oxygen atoms in total. The largest absolute Gasteiger partial charge is 0.0764 e. The summed E-state index contributed by atoms with van der Waals surface area (Å²) in [5.74, 6) is 0.612. The van der Waals surface area contributed by atoms with Gasteiger partial charge in [0, 0.05) is 5.92 Å². The average Bonchev–Trinajstić information content (AvgIpc) is 2.81. The summed E-state index contributed by atoms with van der Waals surface area (Å²) in [5, 5.41) is 0. The molecule has 2 aromatic carbocycles. The molecule has 0 aliphatic heterocycles. The van der Waals surface area contributed by atoms with Crippen molar-refractivity contribution < 1.29 is 0 Å². The third kappa shape index (κ3) is 2.31. The first-order valence-electron chi connectivity index (χ1n) is 7.59. The van der Waals surface area contributed by atoms with Crippen LogP contribution >= 0.6 is 0 Å². The maximum absolute atomic E-state index is 2.38. The summed E-state index contributed by atoms with van der Waals surface area (Å²) in [6.45, 7) is 6.62. The molecule has 1 atom stereocenters. The first kappa shape index (κ1) is 13.2. The Balaban J connectivity index is 2.10. The molecule has 0 heterocycles. The van der Waals surface area contributed by atoms with Crippen LogP contribution in [0.5, 0.6) is 0 Å². The van der Waals surface area contributed by atoms with Crippen molar-refractivity contribution in [3.63, 3.8) is 0 Å². The molecule has 0 amide bonds. The zero-order valence-corrected chi connectivity index (χ0v) is 12.6. The molecule has 0 saturated heterocycles. The predicted molar refractivity (Wildman–Crippen MR) is 88.0 cm³/mol. The molecule has 3 rings (SSSR count). The molecule has 1 unspecified atom stereocenters. The van der Waals surface area contributed by atoms with Gasteiger partial charge in [0.25, 0.3) is 0 Å². The van der Waals surface area contributed by atoms with Crippen molar-refractivity contribution in [3.05, 3.63) is 64.7 Å². The molecule has 1 aliphatic rings. The molecule has 102 valence electrons. The molecule has 0 aromatic heterocycles. The van der Waals surface area contributed by atoms with Crippen LogP contribution in [0.4, 0.5) is 0 Å². The number of benzene rings is 2. The fraction of sp³-hybridized carbons (Fsp3) is 0.300. The van der Waals surface area contributed by atoms with Crippen LogP contribution in [0.3, 0.4) is 0 Å². The maximum Gasteiger partial charge on any atom is 0.00273 e. The highest BCUT2D eigenvalue weighted by Gasteiger charge is 2.19. The van der Waals surface area contributed by atoms with Crippen LogP contribution in [-0.4, -0.2) is 0 Å². The molecular weight excluding hydrogens is 240 g/mol. The molecule has 2 aromatic rings. The summed E-state index contributed by atoms with van der Waals surface area (Å²) in [5.41, 5.74) is 8.33. The maximum atomic E-state index is 2.38. The fourth-order valence-corrected chi connectivity index (χ4v) is 3.35. The SMILES string of the molecule is CCCC1C=Cc2c(-c3cc(C)cc(C)c3)cccc21. The van der Waals surface area contributed by atoms with E-state index >= 15 is 0 Å². The fourth-order valence-electron chi connectivity index (χ4n) is 3.35. The van der Waals surface area contributed by atoms with Gasteiger partial charge in [-0.15, -0.1) is 0 Å². The monoisotopic (exact) mass is 262 g/mol. The van der Waals surface area contributed by atoms with Gasteiger partial charge < -0.3 is 0 Å². The van der Waals surface area contributed by atoms with Gasteiger partial charge in [0.15, 0.2) is 0 Å². The molecule has 0 heteroatoms. The summed E-state index contributed by atoms with van der Waals surface area (Å²) >= 11 is 0. The van der Waals surface area contributed by atoms with Crippen LogP contribution in [0, 0.1) is 13.8 Å². The van der Waals surface area contributed by atoms with Gasteiger partial charge in [-0.05, 0) is 42.5 Å². The zero-order chi connectivity index (χ0) is 14.1. The van der Waals surface area contributed by atoms with E-state index in [-0.39, 0.29) is 0 Å². The van der Waals surface area contributed by atoms with Crippen LogP contribution < -0.4 is 0 Å². The lowest BCUT2D eigenvalue weighted by Gasteiger charge is -2.13. The highest BCUT2D eigenvalue weighted by atomic mass is 14.2. The number of fused-ring (bicyclic) bond motifs is 1. The first-order valence-corrected chi connectivity index (χ1v) is 7.59. The van der Waals surface area contributed by atoms with Crippen molar-refractivity contribution in [2.24, 2.45) is 0 Å². The lowest BCUT2D eigenvalue weighted by molar-refractivity contribution is 0.726. The smallest absolute Gasteiger partial charge is 0.00273 e. The van der Waals surface area contributed by atoms with E-state index in [1.165, 1.54) is 46.2 Å². The Kier molecular flexibility index (Phi) is 3.48. The highest BCUT2D eigenvalue weighted by Crippen LogP contribution is 2.39. The molecule has 0 spiro atoms. The summed E-state index contributed by atoms with van der Waals surface area (Å²) in [7, 11) is 0. The van der Waals surface area contributed by atoms with Gasteiger partial charge in [-0.3, -0.25) is 0 Å². The Morgan fingerprint density at radius 1 is 1.00 bits per heavy atom. The van der Waals surface area contributed by atoms with Gasteiger partial charge in [0.2, 0.25) is 0 Å². The Morgan fingerprint density at radius 2 is 1.75 bits per heavy atom. The topological polar surface area (TPSA) is 0 Å². The van der Waals surface area contributed by atoms with E-state index in [0.717, 1.165) is 0 Å². The highest BCUT2D eigenvalue weighted by molar-refractivity contribution is 5.80. The molecule has 0 fully saturated rings. The van der Waals surface area contributed by atoms with Gasteiger partial charge in [-0.2, -0.15) is 0 Å². The predicted octanol–water partition coefficient (Wildman–Crippen LogP) is 5.88. The zero-order valence-electron chi connectivity index (χ0n) is 12.6. The lowest BCUT2D eigenvalue weighted by atomic mass is 9.91. The van der Waals surface area contributed by atoms with Crippen LogP contribution in [0.2, 0.25) is 0 Å². The Labute approximate surface area is 122 Å². The van der Waals surface area contributed by atoms with Crippen molar-refractivity contribution >= 4 is 6.08 Å². The molecule has 0 N–H and O–H groups in total. The van der Waals surface area contributed by atoms with E-state index in [2.05, 4.69) is 69.3 Å². The quantitative estimate of drug-likeness (QED) is 0.648. The normalized spacial score (nSPS) is 16.4. The first-order chi connectivity index (χ1) is 9.69. The van der Waals surface area contributed by atoms with Crippen molar-refractivity contribution in [2.75, 3.05) is 0 Å². The third-order valence-corrected chi connectivity index (χ3v) is 4.17. The van der Waals surface area contributed by atoms with Crippen molar-refractivity contribution in [2.45, 2.75) is 39.5 Å². The summed E-state index contributed by atoms with van der Waals surface area (Å²) < 4.78 is 0. The van der Waals surface area contributed by atoms with Crippen molar-refractivity contribution in [3.8, 4) is 11.1 Å². The van der Waals surface area contributed by atoms with E-state index in [4.69, 9.17) is 0 Å². The van der Waals surface area contributed by atoms with E-state index in [1.807, 2.05) is 0 Å². The summed E-state index contributed by atoms with van der Waals surface area (Å²) in [6, 6.07) is 13.6. The van der Waals surface area contributed by atoms with Gasteiger partial charge >= 0.3 is 0 Å². The molecule has 0 saturated carbocycles. The van der Waals surface area contributed by atoms with Crippen molar-refractivity contribution in [1.82, 2.24) is 0 Å². The molecule has 0 bridgehead atoms.